The van der Waals surface area contributed by atoms with E-state index in [1.54, 1.807) is 13.8 Å². The summed E-state index contributed by atoms with van der Waals surface area (Å²) in [7, 11) is 0. The minimum absolute atomic E-state index is 0.0175. The highest BCUT2D eigenvalue weighted by atomic mass is 16.5. The molecule has 1 aliphatic carbocycles. The smallest absolute Gasteiger partial charge is 0.247 e. The second kappa shape index (κ2) is 8.73. The van der Waals surface area contributed by atoms with E-state index in [-0.39, 0.29) is 17.7 Å². The molecule has 0 aliphatic heterocycles. The molecule has 158 valence electrons. The van der Waals surface area contributed by atoms with Gasteiger partial charge in [0.05, 0.1) is 0 Å². The van der Waals surface area contributed by atoms with Crippen LogP contribution in [-0.2, 0) is 16.0 Å². The predicted molar refractivity (Wildman–Crippen MR) is 115 cm³/mol. The van der Waals surface area contributed by atoms with Gasteiger partial charge in [0.15, 0.2) is 5.76 Å². The molecular formula is C23H28N4O3. The van der Waals surface area contributed by atoms with Gasteiger partial charge in [0, 0.05) is 29.4 Å². The summed E-state index contributed by atoms with van der Waals surface area (Å²) in [6.07, 6.45) is 7.39. The minimum Gasteiger partial charge on any atom is -0.361 e. The lowest BCUT2D eigenvalue weighted by atomic mass is 9.88. The highest BCUT2D eigenvalue weighted by Crippen LogP contribution is 2.25. The molecule has 4 rings (SSSR count). The van der Waals surface area contributed by atoms with Crippen LogP contribution in [0.25, 0.3) is 10.9 Å². The number of anilines is 1. The highest BCUT2D eigenvalue weighted by Gasteiger charge is 2.28. The van der Waals surface area contributed by atoms with Gasteiger partial charge in [-0.15, -0.1) is 0 Å². The van der Waals surface area contributed by atoms with Crippen molar-refractivity contribution in [2.75, 3.05) is 5.32 Å². The number of amides is 2. The van der Waals surface area contributed by atoms with E-state index in [0.717, 1.165) is 42.1 Å². The zero-order valence-electron chi connectivity index (χ0n) is 17.5. The summed E-state index contributed by atoms with van der Waals surface area (Å²) in [6, 6.07) is 7.27. The molecule has 2 aromatic heterocycles. The first-order chi connectivity index (χ1) is 14.5. The van der Waals surface area contributed by atoms with Crippen LogP contribution in [0.15, 0.2) is 35.0 Å². The molecule has 7 heteroatoms. The lowest BCUT2D eigenvalue weighted by Crippen LogP contribution is -2.47. The number of hydrogen-bond acceptors (Lipinski definition) is 4. The third kappa shape index (κ3) is 4.25. The molecule has 0 radical (unpaired) electrons. The minimum atomic E-state index is -0.688. The molecule has 1 aliphatic rings. The molecule has 1 aromatic carbocycles. The fourth-order valence-electron chi connectivity index (χ4n) is 4.26. The van der Waals surface area contributed by atoms with E-state index in [2.05, 4.69) is 20.8 Å². The zero-order valence-corrected chi connectivity index (χ0v) is 17.5. The SMILES string of the molecule is Cc1noc(C)c1NC(=O)[C@H](Cc1c[nH]c2ccccc12)NC(=O)C1CCCCC1. The average molecular weight is 409 g/mol. The van der Waals surface area contributed by atoms with Crippen molar-refractivity contribution in [3.05, 3.63) is 47.5 Å². The van der Waals surface area contributed by atoms with Crippen molar-refractivity contribution in [3.8, 4) is 0 Å². The molecule has 2 amide bonds. The van der Waals surface area contributed by atoms with Gasteiger partial charge in [-0.2, -0.15) is 0 Å². The van der Waals surface area contributed by atoms with Gasteiger partial charge in [-0.3, -0.25) is 9.59 Å². The zero-order chi connectivity index (χ0) is 21.1. The first-order valence-corrected chi connectivity index (χ1v) is 10.6. The molecule has 0 unspecified atom stereocenters. The Hall–Kier alpha value is -3.09. The first-order valence-electron chi connectivity index (χ1n) is 10.6. The van der Waals surface area contributed by atoms with Gasteiger partial charge in [0.25, 0.3) is 0 Å². The molecule has 3 aromatic rings. The van der Waals surface area contributed by atoms with Crippen LogP contribution in [0.2, 0.25) is 0 Å². The third-order valence-corrected chi connectivity index (χ3v) is 5.99. The summed E-state index contributed by atoms with van der Waals surface area (Å²) < 4.78 is 5.16. The molecule has 2 heterocycles. The van der Waals surface area contributed by atoms with Crippen molar-refractivity contribution in [2.45, 2.75) is 58.4 Å². The Labute approximate surface area is 175 Å². The summed E-state index contributed by atoms with van der Waals surface area (Å²) in [5, 5.41) is 10.9. The normalized spacial score (nSPS) is 15.8. The van der Waals surface area contributed by atoms with Crippen LogP contribution >= 0.6 is 0 Å². The molecule has 7 nitrogen and oxygen atoms in total. The van der Waals surface area contributed by atoms with Crippen molar-refractivity contribution in [1.82, 2.24) is 15.5 Å². The number of rotatable bonds is 6. The van der Waals surface area contributed by atoms with Gasteiger partial charge in [0.1, 0.15) is 17.4 Å². The highest BCUT2D eigenvalue weighted by molar-refractivity contribution is 5.98. The van der Waals surface area contributed by atoms with Crippen LogP contribution in [-0.4, -0.2) is 28.0 Å². The Morgan fingerprint density at radius 2 is 1.97 bits per heavy atom. The summed E-state index contributed by atoms with van der Waals surface area (Å²) in [6.45, 7) is 3.53. The molecular weight excluding hydrogens is 380 g/mol. The summed E-state index contributed by atoms with van der Waals surface area (Å²) in [5.41, 5.74) is 3.19. The van der Waals surface area contributed by atoms with Crippen molar-refractivity contribution < 1.29 is 14.1 Å². The number of carbonyl (C=O) groups is 2. The number of hydrogen-bond donors (Lipinski definition) is 3. The van der Waals surface area contributed by atoms with Crippen molar-refractivity contribution >= 4 is 28.4 Å². The van der Waals surface area contributed by atoms with Gasteiger partial charge in [-0.05, 0) is 38.3 Å². The maximum atomic E-state index is 13.2. The molecule has 0 bridgehead atoms. The number of aromatic amines is 1. The van der Waals surface area contributed by atoms with E-state index in [1.807, 2.05) is 30.5 Å². The van der Waals surface area contributed by atoms with Crippen LogP contribution in [0.3, 0.4) is 0 Å². The number of aromatic nitrogens is 2. The van der Waals surface area contributed by atoms with Gasteiger partial charge in [-0.1, -0.05) is 42.6 Å². The summed E-state index contributed by atoms with van der Waals surface area (Å²) in [5.74, 6) is 0.230. The predicted octanol–water partition coefficient (Wildman–Crippen LogP) is 4.02. The van der Waals surface area contributed by atoms with Crippen LogP contribution in [0.5, 0.6) is 0 Å². The van der Waals surface area contributed by atoms with E-state index in [1.165, 1.54) is 6.42 Å². The maximum absolute atomic E-state index is 13.2. The molecule has 30 heavy (non-hydrogen) atoms. The lowest BCUT2D eigenvalue weighted by Gasteiger charge is -2.24. The van der Waals surface area contributed by atoms with E-state index < -0.39 is 6.04 Å². The second-order valence-corrected chi connectivity index (χ2v) is 8.15. The standard InChI is InChI=1S/C23H28N4O3/c1-14-21(15(2)30-27-14)26-23(29)20(25-22(28)16-8-4-3-5-9-16)12-17-13-24-19-11-7-6-10-18(17)19/h6-7,10-11,13,16,20,24H,3-5,8-9,12H2,1-2H3,(H,25,28)(H,26,29)/t20-/m0/s1. The number of H-pyrrole nitrogens is 1. The van der Waals surface area contributed by atoms with E-state index in [9.17, 15) is 9.59 Å². The van der Waals surface area contributed by atoms with Crippen molar-refractivity contribution in [3.63, 3.8) is 0 Å². The van der Waals surface area contributed by atoms with Crippen LogP contribution in [0.1, 0.15) is 49.1 Å². The number of benzene rings is 1. The fraction of sp³-hybridized carbons (Fsp3) is 0.435. The third-order valence-electron chi connectivity index (χ3n) is 5.99. The maximum Gasteiger partial charge on any atom is 0.247 e. The number of aryl methyl sites for hydroxylation is 2. The number of nitrogens with zero attached hydrogens (tertiary/aromatic N) is 1. The largest absolute Gasteiger partial charge is 0.361 e. The Balaban J connectivity index is 1.56. The Bertz CT molecular complexity index is 1030. The Kier molecular flexibility index (Phi) is 5.88. The molecule has 0 saturated heterocycles. The topological polar surface area (TPSA) is 100 Å². The summed E-state index contributed by atoms with van der Waals surface area (Å²) in [4.78, 5) is 29.3. The van der Waals surface area contributed by atoms with E-state index in [0.29, 0.717) is 23.6 Å². The lowest BCUT2D eigenvalue weighted by molar-refractivity contribution is -0.130. The Morgan fingerprint density at radius 3 is 2.70 bits per heavy atom. The molecule has 1 atom stereocenters. The average Bonchev–Trinajstić information content (AvgIpc) is 3.32. The molecule has 3 N–H and O–H groups in total. The van der Waals surface area contributed by atoms with Gasteiger partial charge in [-0.25, -0.2) is 0 Å². The molecule has 1 saturated carbocycles. The van der Waals surface area contributed by atoms with Crippen LogP contribution in [0.4, 0.5) is 5.69 Å². The quantitative estimate of drug-likeness (QED) is 0.573. The van der Waals surface area contributed by atoms with Crippen LogP contribution < -0.4 is 10.6 Å². The monoisotopic (exact) mass is 408 g/mol. The first kappa shape index (κ1) is 20.2. The number of carbonyl (C=O) groups excluding carboxylic acids is 2. The second-order valence-electron chi connectivity index (χ2n) is 8.15. The van der Waals surface area contributed by atoms with E-state index in [4.69, 9.17) is 4.52 Å². The number of para-hydroxylation sites is 1. The van der Waals surface area contributed by atoms with E-state index >= 15 is 0 Å². The van der Waals surface area contributed by atoms with Crippen molar-refractivity contribution in [2.24, 2.45) is 5.92 Å². The molecule has 0 spiro atoms. The number of nitrogens with one attached hydrogen (secondary N) is 3. The van der Waals surface area contributed by atoms with Crippen molar-refractivity contribution in [1.29, 1.82) is 0 Å². The Morgan fingerprint density at radius 1 is 1.20 bits per heavy atom. The van der Waals surface area contributed by atoms with Gasteiger partial charge in [0.2, 0.25) is 11.8 Å². The molecule has 1 fully saturated rings. The summed E-state index contributed by atoms with van der Waals surface area (Å²) >= 11 is 0. The number of fused-ring (bicyclic) bond motifs is 1. The fourth-order valence-corrected chi connectivity index (χ4v) is 4.26. The van der Waals surface area contributed by atoms with Gasteiger partial charge >= 0.3 is 0 Å². The van der Waals surface area contributed by atoms with Crippen LogP contribution in [0, 0.1) is 19.8 Å². The van der Waals surface area contributed by atoms with Gasteiger partial charge < -0.3 is 20.1 Å².